The third kappa shape index (κ3) is 4.20. The maximum absolute atomic E-state index is 11.3. The number of nitrogens with zero attached hydrogens (tertiary/aromatic N) is 2. The van der Waals surface area contributed by atoms with E-state index in [1.54, 1.807) is 6.92 Å². The molecule has 0 bridgehead atoms. The van der Waals surface area contributed by atoms with E-state index < -0.39 is 0 Å². The van der Waals surface area contributed by atoms with Gasteiger partial charge < -0.3 is 9.80 Å². The van der Waals surface area contributed by atoms with Gasteiger partial charge in [-0.3, -0.25) is 4.79 Å². The van der Waals surface area contributed by atoms with Gasteiger partial charge >= 0.3 is 0 Å². The number of rotatable bonds is 3. The Bertz CT molecular complexity index is 287. The third-order valence-corrected chi connectivity index (χ3v) is 5.15. The fourth-order valence-electron chi connectivity index (χ4n) is 3.60. The number of carbonyl (C=O) groups is 1. The first kappa shape index (κ1) is 14.8. The van der Waals surface area contributed by atoms with Crippen molar-refractivity contribution in [3.8, 4) is 0 Å². The van der Waals surface area contributed by atoms with Crippen LogP contribution in [0, 0.1) is 17.8 Å². The fourth-order valence-corrected chi connectivity index (χ4v) is 3.60. The van der Waals surface area contributed by atoms with E-state index in [0.29, 0.717) is 0 Å². The molecule has 0 unspecified atom stereocenters. The van der Waals surface area contributed by atoms with Crippen LogP contribution in [0.2, 0.25) is 0 Å². The Labute approximate surface area is 118 Å². The molecule has 0 atom stereocenters. The van der Waals surface area contributed by atoms with E-state index in [0.717, 1.165) is 30.8 Å². The minimum atomic E-state index is 0.246. The average Bonchev–Trinajstić information content (AvgIpc) is 2.40. The van der Waals surface area contributed by atoms with Gasteiger partial charge in [0.05, 0.1) is 0 Å². The third-order valence-electron chi connectivity index (χ3n) is 5.15. The van der Waals surface area contributed by atoms with Crippen LogP contribution in [0.25, 0.3) is 0 Å². The Kier molecular flexibility index (Phi) is 5.26. The van der Waals surface area contributed by atoms with Gasteiger partial charge in [0, 0.05) is 26.6 Å². The highest BCUT2D eigenvalue weighted by Crippen LogP contribution is 2.26. The van der Waals surface area contributed by atoms with E-state index in [4.69, 9.17) is 0 Å². The SMILES string of the molecule is CC(=O)N1CCC(CN2CCC(C(C)C)CC2)CC1. The molecule has 2 fully saturated rings. The average molecular weight is 266 g/mol. The lowest BCUT2D eigenvalue weighted by Crippen LogP contribution is -2.43. The van der Waals surface area contributed by atoms with Gasteiger partial charge in [0.15, 0.2) is 0 Å². The Balaban J connectivity index is 1.68. The van der Waals surface area contributed by atoms with Crippen LogP contribution in [0.3, 0.4) is 0 Å². The molecule has 3 nitrogen and oxygen atoms in total. The minimum Gasteiger partial charge on any atom is -0.343 e. The second kappa shape index (κ2) is 6.74. The second-order valence-corrected chi connectivity index (χ2v) is 6.83. The summed E-state index contributed by atoms with van der Waals surface area (Å²) in [5, 5.41) is 0. The van der Waals surface area contributed by atoms with Crippen LogP contribution >= 0.6 is 0 Å². The number of carbonyl (C=O) groups excluding carboxylic acids is 1. The van der Waals surface area contributed by atoms with Crippen LogP contribution in [0.1, 0.15) is 46.5 Å². The van der Waals surface area contributed by atoms with Gasteiger partial charge in [-0.25, -0.2) is 0 Å². The van der Waals surface area contributed by atoms with Crippen LogP contribution in [-0.2, 0) is 4.79 Å². The molecular formula is C16H30N2O. The molecule has 0 saturated carbocycles. The number of hydrogen-bond donors (Lipinski definition) is 0. The van der Waals surface area contributed by atoms with Crippen LogP contribution in [0.15, 0.2) is 0 Å². The summed E-state index contributed by atoms with van der Waals surface area (Å²) < 4.78 is 0. The molecule has 1 amide bonds. The molecule has 0 aromatic carbocycles. The predicted molar refractivity (Wildman–Crippen MR) is 79.0 cm³/mol. The summed E-state index contributed by atoms with van der Waals surface area (Å²) in [5.74, 6) is 2.85. The Hall–Kier alpha value is -0.570. The molecular weight excluding hydrogens is 236 g/mol. The number of piperidine rings is 2. The van der Waals surface area contributed by atoms with E-state index in [1.807, 2.05) is 4.90 Å². The van der Waals surface area contributed by atoms with Crippen LogP contribution in [0.5, 0.6) is 0 Å². The first-order chi connectivity index (χ1) is 9.06. The van der Waals surface area contributed by atoms with Gasteiger partial charge in [-0.2, -0.15) is 0 Å². The first-order valence-electron chi connectivity index (χ1n) is 8.04. The fraction of sp³-hybridized carbons (Fsp3) is 0.938. The molecule has 0 aromatic rings. The van der Waals surface area contributed by atoms with Crippen LogP contribution in [-0.4, -0.2) is 48.4 Å². The zero-order valence-electron chi connectivity index (χ0n) is 12.9. The van der Waals surface area contributed by atoms with E-state index in [-0.39, 0.29) is 5.91 Å². The highest BCUT2D eigenvalue weighted by atomic mass is 16.2. The number of likely N-dealkylation sites (tertiary alicyclic amines) is 2. The summed E-state index contributed by atoms with van der Waals surface area (Å²) in [6.45, 7) is 12.2. The van der Waals surface area contributed by atoms with Crippen molar-refractivity contribution in [2.75, 3.05) is 32.7 Å². The monoisotopic (exact) mass is 266 g/mol. The lowest BCUT2D eigenvalue weighted by atomic mass is 9.86. The van der Waals surface area contributed by atoms with Crippen LogP contribution in [0.4, 0.5) is 0 Å². The topological polar surface area (TPSA) is 23.6 Å². The highest BCUT2D eigenvalue weighted by molar-refractivity contribution is 5.73. The van der Waals surface area contributed by atoms with Crippen molar-refractivity contribution in [1.29, 1.82) is 0 Å². The Morgan fingerprint density at radius 3 is 2.11 bits per heavy atom. The second-order valence-electron chi connectivity index (χ2n) is 6.83. The molecule has 0 N–H and O–H groups in total. The zero-order chi connectivity index (χ0) is 13.8. The van der Waals surface area contributed by atoms with Crippen molar-refractivity contribution in [2.24, 2.45) is 17.8 Å². The molecule has 2 saturated heterocycles. The molecule has 110 valence electrons. The Morgan fingerprint density at radius 2 is 1.63 bits per heavy atom. The standard InChI is InChI=1S/C16H30N2O/c1-13(2)16-6-8-17(9-7-16)12-15-4-10-18(11-5-15)14(3)19/h13,15-16H,4-12H2,1-3H3. The molecule has 2 rings (SSSR count). The molecule has 0 spiro atoms. The summed E-state index contributed by atoms with van der Waals surface area (Å²) in [7, 11) is 0. The summed E-state index contributed by atoms with van der Waals surface area (Å²) in [4.78, 5) is 16.0. The van der Waals surface area contributed by atoms with Crippen molar-refractivity contribution in [2.45, 2.75) is 46.5 Å². The predicted octanol–water partition coefficient (Wildman–Crippen LogP) is 2.61. The molecule has 0 radical (unpaired) electrons. The molecule has 0 aliphatic carbocycles. The van der Waals surface area contributed by atoms with Crippen molar-refractivity contribution >= 4 is 5.91 Å². The lowest BCUT2D eigenvalue weighted by Gasteiger charge is -2.38. The molecule has 3 heteroatoms. The molecule has 2 aliphatic heterocycles. The van der Waals surface area contributed by atoms with Crippen molar-refractivity contribution < 1.29 is 4.79 Å². The molecule has 0 aromatic heterocycles. The zero-order valence-corrected chi connectivity index (χ0v) is 12.9. The number of hydrogen-bond acceptors (Lipinski definition) is 2. The number of amides is 1. The van der Waals surface area contributed by atoms with Crippen molar-refractivity contribution in [3.63, 3.8) is 0 Å². The van der Waals surface area contributed by atoms with Crippen molar-refractivity contribution in [3.05, 3.63) is 0 Å². The lowest BCUT2D eigenvalue weighted by molar-refractivity contribution is -0.130. The summed E-state index contributed by atoms with van der Waals surface area (Å²) in [6, 6.07) is 0. The quantitative estimate of drug-likeness (QED) is 0.784. The maximum atomic E-state index is 11.3. The smallest absolute Gasteiger partial charge is 0.219 e. The van der Waals surface area contributed by atoms with E-state index >= 15 is 0 Å². The van der Waals surface area contributed by atoms with Crippen LogP contribution < -0.4 is 0 Å². The van der Waals surface area contributed by atoms with Gasteiger partial charge in [-0.1, -0.05) is 13.8 Å². The molecule has 19 heavy (non-hydrogen) atoms. The highest BCUT2D eigenvalue weighted by Gasteiger charge is 2.26. The van der Waals surface area contributed by atoms with Gasteiger partial charge in [-0.05, 0) is 56.5 Å². The van der Waals surface area contributed by atoms with Gasteiger partial charge in [0.2, 0.25) is 5.91 Å². The van der Waals surface area contributed by atoms with Gasteiger partial charge in [0.1, 0.15) is 0 Å². The van der Waals surface area contributed by atoms with E-state index in [1.165, 1.54) is 45.3 Å². The van der Waals surface area contributed by atoms with E-state index in [2.05, 4.69) is 18.7 Å². The van der Waals surface area contributed by atoms with Crippen molar-refractivity contribution in [1.82, 2.24) is 9.80 Å². The normalized spacial score (nSPS) is 24.1. The maximum Gasteiger partial charge on any atom is 0.219 e. The Morgan fingerprint density at radius 1 is 1.05 bits per heavy atom. The largest absolute Gasteiger partial charge is 0.343 e. The summed E-state index contributed by atoms with van der Waals surface area (Å²) in [6.07, 6.45) is 5.15. The van der Waals surface area contributed by atoms with Gasteiger partial charge in [0.25, 0.3) is 0 Å². The first-order valence-corrected chi connectivity index (χ1v) is 8.04. The van der Waals surface area contributed by atoms with E-state index in [9.17, 15) is 4.79 Å². The summed E-state index contributed by atoms with van der Waals surface area (Å²) in [5.41, 5.74) is 0. The molecule has 2 heterocycles. The van der Waals surface area contributed by atoms with Gasteiger partial charge in [-0.15, -0.1) is 0 Å². The minimum absolute atomic E-state index is 0.246. The molecule has 2 aliphatic rings. The summed E-state index contributed by atoms with van der Waals surface area (Å²) >= 11 is 0.